The first kappa shape index (κ1) is 20.9. The number of hydrogen-bond acceptors (Lipinski definition) is 10. The minimum atomic E-state index is -0.786. The zero-order chi connectivity index (χ0) is 21.5. The van der Waals surface area contributed by atoms with Gasteiger partial charge in [-0.25, -0.2) is 0 Å². The van der Waals surface area contributed by atoms with E-state index in [9.17, 15) is 25.0 Å². The van der Waals surface area contributed by atoms with Gasteiger partial charge in [-0.15, -0.1) is 5.10 Å². The molecule has 30 heavy (non-hydrogen) atoms. The van der Waals surface area contributed by atoms with E-state index >= 15 is 0 Å². The molecule has 13 nitrogen and oxygen atoms in total. The quantitative estimate of drug-likeness (QED) is 0.359. The molecule has 1 aromatic carbocycles. The summed E-state index contributed by atoms with van der Waals surface area (Å²) < 4.78 is 5.32. The average Bonchev–Trinajstić information content (AvgIpc) is 2.77. The van der Waals surface area contributed by atoms with Crippen LogP contribution < -0.4 is 15.5 Å². The van der Waals surface area contributed by atoms with Gasteiger partial charge >= 0.3 is 0 Å². The Kier molecular flexibility index (Phi) is 6.64. The van der Waals surface area contributed by atoms with Gasteiger partial charge < -0.3 is 20.3 Å². The number of non-ortho nitro benzene ring substituents is 2. The number of benzene rings is 1. The van der Waals surface area contributed by atoms with Crippen LogP contribution in [0.2, 0.25) is 0 Å². The Morgan fingerprint density at radius 3 is 2.37 bits per heavy atom. The molecule has 0 atom stereocenters. The van der Waals surface area contributed by atoms with Crippen LogP contribution in [0, 0.1) is 20.2 Å². The second-order valence-electron chi connectivity index (χ2n) is 6.33. The molecule has 1 saturated heterocycles. The Labute approximate surface area is 170 Å². The molecule has 13 heteroatoms. The van der Waals surface area contributed by atoms with Crippen LogP contribution in [0.3, 0.4) is 0 Å². The summed E-state index contributed by atoms with van der Waals surface area (Å²) in [6.07, 6.45) is 1.66. The number of hydrogen-bond donors (Lipinski definition) is 2. The van der Waals surface area contributed by atoms with E-state index in [1.807, 2.05) is 6.07 Å². The predicted octanol–water partition coefficient (Wildman–Crippen LogP) is 0.971. The van der Waals surface area contributed by atoms with Crippen LogP contribution in [-0.2, 0) is 4.74 Å². The zero-order valence-corrected chi connectivity index (χ0v) is 15.8. The second-order valence-corrected chi connectivity index (χ2v) is 6.33. The van der Waals surface area contributed by atoms with Gasteiger partial charge in [0.15, 0.2) is 5.82 Å². The van der Waals surface area contributed by atoms with Gasteiger partial charge in [-0.05, 0) is 0 Å². The third-order valence-electron chi connectivity index (χ3n) is 4.32. The van der Waals surface area contributed by atoms with Gasteiger partial charge in [0.1, 0.15) is 0 Å². The number of nitro benzene ring substituents is 2. The smallest absolute Gasteiger partial charge is 0.277 e. The van der Waals surface area contributed by atoms with Crippen LogP contribution in [0.25, 0.3) is 0 Å². The van der Waals surface area contributed by atoms with E-state index in [-0.39, 0.29) is 12.1 Å². The van der Waals surface area contributed by atoms with E-state index in [1.54, 1.807) is 6.20 Å². The largest absolute Gasteiger partial charge is 0.378 e. The van der Waals surface area contributed by atoms with Crippen molar-refractivity contribution in [3.63, 3.8) is 0 Å². The van der Waals surface area contributed by atoms with Crippen molar-refractivity contribution in [1.29, 1.82) is 0 Å². The van der Waals surface area contributed by atoms with Crippen LogP contribution in [0.4, 0.5) is 22.9 Å². The average molecular weight is 417 g/mol. The number of nitro groups is 2. The first-order valence-corrected chi connectivity index (χ1v) is 9.05. The van der Waals surface area contributed by atoms with Gasteiger partial charge in [0.25, 0.3) is 17.3 Å². The number of ether oxygens (including phenoxy) is 1. The molecule has 0 saturated carbocycles. The highest BCUT2D eigenvalue weighted by molar-refractivity contribution is 5.95. The molecular formula is C17H19N7O6. The van der Waals surface area contributed by atoms with Gasteiger partial charge in [0, 0.05) is 44.4 Å². The Bertz CT molecular complexity index is 916. The minimum Gasteiger partial charge on any atom is -0.378 e. The fourth-order valence-corrected chi connectivity index (χ4v) is 2.84. The lowest BCUT2D eigenvalue weighted by Gasteiger charge is -2.28. The number of nitrogens with zero attached hydrogens (tertiary/aromatic N) is 5. The highest BCUT2D eigenvalue weighted by atomic mass is 16.6. The summed E-state index contributed by atoms with van der Waals surface area (Å²) in [5, 5.41) is 35.4. The van der Waals surface area contributed by atoms with Crippen molar-refractivity contribution >= 4 is 28.8 Å². The molecule has 0 aliphatic carbocycles. The maximum Gasteiger partial charge on any atom is 0.277 e. The Morgan fingerprint density at radius 2 is 1.73 bits per heavy atom. The third-order valence-corrected chi connectivity index (χ3v) is 4.32. The summed E-state index contributed by atoms with van der Waals surface area (Å²) in [6.45, 7) is 3.29. The summed E-state index contributed by atoms with van der Waals surface area (Å²) in [7, 11) is 0. The van der Waals surface area contributed by atoms with Crippen LogP contribution >= 0.6 is 0 Å². The van der Waals surface area contributed by atoms with Gasteiger partial charge in [0.2, 0.25) is 0 Å². The number of carbonyl (C=O) groups excluding carboxylic acids is 1. The lowest BCUT2D eigenvalue weighted by molar-refractivity contribution is -0.394. The second kappa shape index (κ2) is 9.56. The molecule has 2 heterocycles. The van der Waals surface area contributed by atoms with Crippen molar-refractivity contribution in [3.05, 3.63) is 56.3 Å². The first-order chi connectivity index (χ1) is 14.4. The van der Waals surface area contributed by atoms with Crippen molar-refractivity contribution < 1.29 is 19.4 Å². The fourth-order valence-electron chi connectivity index (χ4n) is 2.84. The number of morpholine rings is 1. The van der Waals surface area contributed by atoms with Gasteiger partial charge in [-0.3, -0.25) is 25.0 Å². The van der Waals surface area contributed by atoms with E-state index < -0.39 is 27.1 Å². The normalized spacial score (nSPS) is 13.5. The van der Waals surface area contributed by atoms with Crippen molar-refractivity contribution in [2.45, 2.75) is 0 Å². The maximum absolute atomic E-state index is 12.2. The molecule has 0 radical (unpaired) electrons. The van der Waals surface area contributed by atoms with Crippen LogP contribution in [-0.4, -0.2) is 65.3 Å². The van der Waals surface area contributed by atoms with Crippen LogP contribution in [0.5, 0.6) is 0 Å². The Hall–Kier alpha value is -3.87. The molecule has 158 valence electrons. The molecular weight excluding hydrogens is 398 g/mol. The predicted molar refractivity (Wildman–Crippen MR) is 106 cm³/mol. The monoisotopic (exact) mass is 417 g/mol. The molecule has 0 unspecified atom stereocenters. The molecule has 0 bridgehead atoms. The topological polar surface area (TPSA) is 166 Å². The molecule has 1 aromatic heterocycles. The van der Waals surface area contributed by atoms with Gasteiger partial charge in [-0.1, -0.05) is 0 Å². The molecule has 1 amide bonds. The Balaban J connectivity index is 1.55. The highest BCUT2D eigenvalue weighted by Crippen LogP contribution is 2.22. The van der Waals surface area contributed by atoms with E-state index in [4.69, 9.17) is 4.74 Å². The van der Waals surface area contributed by atoms with E-state index in [2.05, 4.69) is 25.7 Å². The number of amides is 1. The molecule has 1 aliphatic heterocycles. The lowest BCUT2D eigenvalue weighted by atomic mass is 10.1. The maximum atomic E-state index is 12.2. The lowest BCUT2D eigenvalue weighted by Crippen LogP contribution is -2.36. The summed E-state index contributed by atoms with van der Waals surface area (Å²) >= 11 is 0. The summed E-state index contributed by atoms with van der Waals surface area (Å²) in [5.41, 5.74) is -0.306. The highest BCUT2D eigenvalue weighted by Gasteiger charge is 2.19. The molecule has 3 rings (SSSR count). The van der Waals surface area contributed by atoms with Crippen LogP contribution in [0.1, 0.15) is 10.4 Å². The zero-order valence-electron chi connectivity index (χ0n) is 15.8. The van der Waals surface area contributed by atoms with Crippen molar-refractivity contribution in [2.24, 2.45) is 0 Å². The van der Waals surface area contributed by atoms with Crippen molar-refractivity contribution in [3.8, 4) is 0 Å². The third kappa shape index (κ3) is 5.35. The van der Waals surface area contributed by atoms with Crippen molar-refractivity contribution in [1.82, 2.24) is 15.5 Å². The molecule has 1 fully saturated rings. The molecule has 1 aliphatic rings. The Morgan fingerprint density at radius 1 is 1.07 bits per heavy atom. The number of rotatable bonds is 8. The van der Waals surface area contributed by atoms with E-state index in [0.29, 0.717) is 25.6 Å². The van der Waals surface area contributed by atoms with Gasteiger partial charge in [0.05, 0.1) is 46.6 Å². The van der Waals surface area contributed by atoms with E-state index in [1.165, 1.54) is 0 Å². The fraction of sp³-hybridized carbons (Fsp3) is 0.353. The standard InChI is InChI=1S/C17H19N7O6/c25-17(12-7-13(23(26)27)9-14(8-12)24(28)29)19-2-1-18-16-10-15(11-20-21-16)22-3-5-30-6-4-22/h7-11H,1-6H2,(H,18,21)(H,19,25). The molecule has 2 N–H and O–H groups in total. The summed E-state index contributed by atoms with van der Waals surface area (Å²) in [4.78, 5) is 34.6. The van der Waals surface area contributed by atoms with Gasteiger partial charge in [-0.2, -0.15) is 5.10 Å². The summed E-state index contributed by atoms with van der Waals surface area (Å²) in [5.74, 6) is -0.129. The number of anilines is 2. The first-order valence-electron chi connectivity index (χ1n) is 9.05. The number of aromatic nitrogens is 2. The molecule has 2 aromatic rings. The number of carbonyl (C=O) groups is 1. The minimum absolute atomic E-state index is 0.162. The van der Waals surface area contributed by atoms with Crippen molar-refractivity contribution in [2.75, 3.05) is 49.6 Å². The van der Waals surface area contributed by atoms with E-state index in [0.717, 1.165) is 37.0 Å². The van der Waals surface area contributed by atoms with Crippen LogP contribution in [0.15, 0.2) is 30.5 Å². The summed E-state index contributed by atoms with van der Waals surface area (Å²) in [6, 6.07) is 4.63. The molecule has 0 spiro atoms. The SMILES string of the molecule is O=C(NCCNc1cc(N2CCOCC2)cnn1)c1cc([N+](=O)[O-])cc([N+](=O)[O-])c1. The number of nitrogens with one attached hydrogen (secondary N) is 2.